The molecule has 0 aromatic heterocycles. The van der Waals surface area contributed by atoms with Crippen LogP contribution in [0.25, 0.3) is 5.76 Å². The first kappa shape index (κ1) is 29.1. The van der Waals surface area contributed by atoms with Gasteiger partial charge in [0.05, 0.1) is 29.3 Å². The average Bonchev–Trinajstić information content (AvgIpc) is 2.81. The Balaban J connectivity index is 1.93. The monoisotopic (exact) mass is 559 g/mol. The van der Waals surface area contributed by atoms with Crippen LogP contribution >= 0.6 is 0 Å². The highest BCUT2D eigenvalue weighted by molar-refractivity contribution is 6.24. The SMILES string of the molecule is C[C@@H]1c2ccc(NC(=O)OC(C)(C)C)c(O)c2C(O)=C2C(=O)[C@@]3(O)C(O)=C(C(N)=O)C(=O)[C@H](N(C)C)[C@H]3[C@H](O)[C@H]21. The van der Waals surface area contributed by atoms with Gasteiger partial charge in [-0.25, -0.2) is 4.79 Å². The standard InChI is InChI=1S/C27H33N3O10/c1-9-10-7-8-11(29-25(38)40-26(2,3)4)18(31)13(10)19(32)14-12(9)20(33)16-17(30(5)6)21(34)15(24(28)37)23(36)27(16,39)22(14)35/h7-9,12,16-17,20,31-33,36,39H,1-6H3,(H2,28,37)(H,29,38)/t9-,12+,16+,17-,20-,27-/m1/s1. The van der Waals surface area contributed by atoms with E-state index in [1.165, 1.54) is 31.1 Å². The molecule has 0 radical (unpaired) electrons. The van der Waals surface area contributed by atoms with E-state index in [0.717, 1.165) is 0 Å². The predicted octanol–water partition coefficient (Wildman–Crippen LogP) is 0.843. The van der Waals surface area contributed by atoms with E-state index in [1.807, 2.05) is 0 Å². The highest BCUT2D eigenvalue weighted by Gasteiger charge is 2.68. The molecule has 0 bridgehead atoms. The summed E-state index contributed by atoms with van der Waals surface area (Å²) < 4.78 is 5.20. The quantitative estimate of drug-likeness (QED) is 0.203. The van der Waals surface area contributed by atoms with Gasteiger partial charge < -0.3 is 36.0 Å². The zero-order valence-electron chi connectivity index (χ0n) is 22.8. The first-order valence-electron chi connectivity index (χ1n) is 12.5. The van der Waals surface area contributed by atoms with Crippen molar-refractivity contribution < 1.29 is 49.4 Å². The highest BCUT2D eigenvalue weighted by atomic mass is 16.6. The summed E-state index contributed by atoms with van der Waals surface area (Å²) in [7, 11) is 2.86. The second-order valence-corrected chi connectivity index (χ2v) is 11.6. The third kappa shape index (κ3) is 4.03. The average molecular weight is 560 g/mol. The lowest BCUT2D eigenvalue weighted by Crippen LogP contribution is -2.70. The summed E-state index contributed by atoms with van der Waals surface area (Å²) in [6.07, 6.45) is -2.59. The molecule has 0 heterocycles. The van der Waals surface area contributed by atoms with E-state index in [1.54, 1.807) is 27.7 Å². The number of phenols is 1. The van der Waals surface area contributed by atoms with Crippen LogP contribution in [0, 0.1) is 11.8 Å². The Bertz CT molecular complexity index is 1410. The van der Waals surface area contributed by atoms with Crippen molar-refractivity contribution in [1.82, 2.24) is 4.90 Å². The Labute approximate surface area is 229 Å². The van der Waals surface area contributed by atoms with Gasteiger partial charge in [0.1, 0.15) is 28.4 Å². The third-order valence-electron chi connectivity index (χ3n) is 7.77. The number of hydrogen-bond donors (Lipinski definition) is 7. The van der Waals surface area contributed by atoms with Gasteiger partial charge in [0.2, 0.25) is 5.78 Å². The number of ether oxygens (including phenoxy) is 1. The number of aromatic hydroxyl groups is 1. The number of carbonyl (C=O) groups excluding carboxylic acids is 4. The van der Waals surface area contributed by atoms with Crippen LogP contribution in [-0.4, -0.2) is 91.4 Å². The number of nitrogens with one attached hydrogen (secondary N) is 1. The minimum Gasteiger partial charge on any atom is -0.508 e. The van der Waals surface area contributed by atoms with Crippen LogP contribution in [-0.2, 0) is 19.1 Å². The number of aliphatic hydroxyl groups excluding tert-OH is 3. The van der Waals surface area contributed by atoms with E-state index in [2.05, 4.69) is 5.32 Å². The lowest BCUT2D eigenvalue weighted by Gasteiger charge is -2.53. The Kier molecular flexibility index (Phi) is 6.77. The Morgan fingerprint density at radius 3 is 2.25 bits per heavy atom. The number of rotatable bonds is 3. The first-order valence-corrected chi connectivity index (χ1v) is 12.5. The van der Waals surface area contributed by atoms with Gasteiger partial charge in [-0.1, -0.05) is 13.0 Å². The predicted molar refractivity (Wildman–Crippen MR) is 140 cm³/mol. The summed E-state index contributed by atoms with van der Waals surface area (Å²) in [6.45, 7) is 6.53. The van der Waals surface area contributed by atoms with Crippen molar-refractivity contribution in [2.45, 2.75) is 57.0 Å². The summed E-state index contributed by atoms with van der Waals surface area (Å²) in [4.78, 5) is 52.9. The second-order valence-electron chi connectivity index (χ2n) is 11.6. The Hall–Kier alpha value is -3.94. The van der Waals surface area contributed by atoms with Crippen molar-refractivity contribution in [2.75, 3.05) is 19.4 Å². The molecule has 1 saturated carbocycles. The van der Waals surface area contributed by atoms with Gasteiger partial charge in [-0.15, -0.1) is 0 Å². The van der Waals surface area contributed by atoms with E-state index in [0.29, 0.717) is 5.56 Å². The van der Waals surface area contributed by atoms with E-state index < -0.39 is 93.1 Å². The number of hydrogen-bond acceptors (Lipinski definition) is 11. The van der Waals surface area contributed by atoms with Crippen LogP contribution in [0.1, 0.15) is 44.7 Å². The van der Waals surface area contributed by atoms with E-state index in [4.69, 9.17) is 10.5 Å². The Morgan fingerprint density at radius 2 is 1.73 bits per heavy atom. The van der Waals surface area contributed by atoms with Crippen molar-refractivity contribution in [3.8, 4) is 5.75 Å². The smallest absolute Gasteiger partial charge is 0.412 e. The molecule has 3 aliphatic rings. The maximum absolute atomic E-state index is 14.0. The van der Waals surface area contributed by atoms with E-state index in [-0.39, 0.29) is 11.3 Å². The number of benzene rings is 1. The molecular weight excluding hydrogens is 526 g/mol. The Morgan fingerprint density at radius 1 is 1.12 bits per heavy atom. The number of primary amides is 1. The molecule has 6 atom stereocenters. The third-order valence-corrected chi connectivity index (χ3v) is 7.77. The van der Waals surface area contributed by atoms with Crippen molar-refractivity contribution in [1.29, 1.82) is 0 Å². The summed E-state index contributed by atoms with van der Waals surface area (Å²) >= 11 is 0. The van der Waals surface area contributed by atoms with Crippen molar-refractivity contribution in [3.63, 3.8) is 0 Å². The number of carbonyl (C=O) groups is 4. The topological polar surface area (TPSA) is 220 Å². The minimum absolute atomic E-state index is 0.152. The number of Topliss-reactive ketones (excluding diaryl/α,β-unsaturated/α-hetero) is 2. The second kappa shape index (κ2) is 9.32. The molecule has 0 unspecified atom stereocenters. The summed E-state index contributed by atoms with van der Waals surface area (Å²) in [5.41, 5.74) is -0.162. The first-order chi connectivity index (χ1) is 18.4. The number of anilines is 1. The van der Waals surface area contributed by atoms with Gasteiger partial charge >= 0.3 is 6.09 Å². The normalized spacial score (nSPS) is 30.1. The molecule has 2 amide bonds. The molecule has 13 heteroatoms. The van der Waals surface area contributed by atoms with E-state index >= 15 is 0 Å². The maximum atomic E-state index is 14.0. The van der Waals surface area contributed by atoms with E-state index in [9.17, 15) is 44.7 Å². The number of likely N-dealkylation sites (N-methyl/N-ethyl adjacent to an activating group) is 1. The molecule has 40 heavy (non-hydrogen) atoms. The van der Waals surface area contributed by atoms with Crippen LogP contribution < -0.4 is 11.1 Å². The molecule has 0 saturated heterocycles. The molecular formula is C27H33N3O10. The highest BCUT2D eigenvalue weighted by Crippen LogP contribution is 2.56. The molecule has 1 aromatic rings. The van der Waals surface area contributed by atoms with Crippen molar-refractivity contribution >= 4 is 35.0 Å². The molecule has 4 rings (SSSR count). The largest absolute Gasteiger partial charge is 0.508 e. The van der Waals surface area contributed by atoms with Crippen LogP contribution in [0.3, 0.4) is 0 Å². The molecule has 3 aliphatic carbocycles. The van der Waals surface area contributed by atoms with Gasteiger partial charge in [-0.3, -0.25) is 24.6 Å². The summed E-state index contributed by atoms with van der Waals surface area (Å²) in [5, 5.41) is 59.0. The molecule has 13 nitrogen and oxygen atoms in total. The molecule has 1 aromatic carbocycles. The molecule has 0 spiro atoms. The number of aliphatic hydroxyl groups is 4. The number of fused-ring (bicyclic) bond motifs is 3. The van der Waals surface area contributed by atoms with Gasteiger partial charge in [0.15, 0.2) is 11.4 Å². The van der Waals surface area contributed by atoms with Crippen LogP contribution in [0.4, 0.5) is 10.5 Å². The van der Waals surface area contributed by atoms with Crippen LogP contribution in [0.5, 0.6) is 5.75 Å². The van der Waals surface area contributed by atoms with Crippen molar-refractivity contribution in [2.24, 2.45) is 17.6 Å². The van der Waals surface area contributed by atoms with Crippen LogP contribution in [0.2, 0.25) is 0 Å². The fraction of sp³-hybridized carbons (Fsp3) is 0.481. The molecule has 8 N–H and O–H groups in total. The number of nitrogens with zero attached hydrogens (tertiary/aromatic N) is 1. The minimum atomic E-state index is -3.01. The van der Waals surface area contributed by atoms with Gasteiger partial charge in [-0.05, 0) is 52.4 Å². The van der Waals surface area contributed by atoms with Gasteiger partial charge in [0, 0.05) is 11.5 Å². The molecule has 216 valence electrons. The van der Waals surface area contributed by atoms with Gasteiger partial charge in [-0.2, -0.15) is 0 Å². The summed E-state index contributed by atoms with van der Waals surface area (Å²) in [6, 6.07) is 1.41. The lowest BCUT2D eigenvalue weighted by molar-refractivity contribution is -0.169. The number of ketones is 2. The summed E-state index contributed by atoms with van der Waals surface area (Å²) in [5.74, 6) is -9.99. The molecule has 1 fully saturated rings. The van der Waals surface area contributed by atoms with Gasteiger partial charge in [0.25, 0.3) is 5.91 Å². The number of nitrogens with two attached hydrogens (primary N) is 1. The zero-order chi connectivity index (χ0) is 30.2. The zero-order valence-corrected chi connectivity index (χ0v) is 22.8. The fourth-order valence-electron chi connectivity index (χ4n) is 6.13. The van der Waals surface area contributed by atoms with Crippen LogP contribution in [0.15, 0.2) is 29.0 Å². The maximum Gasteiger partial charge on any atom is 0.412 e. The fourth-order valence-corrected chi connectivity index (χ4v) is 6.13. The number of phenolic OH excluding ortho intramolecular Hbond substituents is 1. The van der Waals surface area contributed by atoms with Crippen molar-refractivity contribution in [3.05, 3.63) is 40.2 Å². The lowest BCUT2D eigenvalue weighted by atomic mass is 9.54. The molecule has 0 aliphatic heterocycles. The number of amides is 2.